The van der Waals surface area contributed by atoms with E-state index in [1.807, 2.05) is 55.5 Å². The summed E-state index contributed by atoms with van der Waals surface area (Å²) >= 11 is 0. The van der Waals surface area contributed by atoms with Crippen LogP contribution >= 0.6 is 0 Å². The van der Waals surface area contributed by atoms with Crippen molar-refractivity contribution in [2.75, 3.05) is 20.3 Å². The molecule has 3 aromatic rings. The molecule has 0 bridgehead atoms. The van der Waals surface area contributed by atoms with Crippen LogP contribution in [-0.2, 0) is 17.8 Å². The van der Waals surface area contributed by atoms with Crippen molar-refractivity contribution < 1.29 is 18.8 Å². The number of aromatic nitrogens is 2. The number of amides is 1. The van der Waals surface area contributed by atoms with Crippen LogP contribution in [0, 0.1) is 0 Å². The maximum Gasteiger partial charge on any atom is 0.260 e. The third-order valence-corrected chi connectivity index (χ3v) is 4.57. The summed E-state index contributed by atoms with van der Waals surface area (Å²) < 4.78 is 16.1. The van der Waals surface area contributed by atoms with Crippen molar-refractivity contribution in [1.82, 2.24) is 15.0 Å². The van der Waals surface area contributed by atoms with Gasteiger partial charge in [-0.15, -0.1) is 0 Å². The van der Waals surface area contributed by atoms with Crippen molar-refractivity contribution in [3.05, 3.63) is 60.0 Å². The van der Waals surface area contributed by atoms with Crippen LogP contribution in [0.3, 0.4) is 0 Å². The minimum absolute atomic E-state index is 0.0429. The standard InChI is InChI=1S/C22H25N3O4/c1-4-16-6-10-19(11-7-16)28-15-21(26)25(5-2)14-20-23-22(24-29-20)17-8-12-18(27-3)13-9-17/h6-13H,4-5,14-15H2,1-3H3. The smallest absolute Gasteiger partial charge is 0.260 e. The van der Waals surface area contributed by atoms with E-state index in [-0.39, 0.29) is 19.1 Å². The van der Waals surface area contributed by atoms with Crippen molar-refractivity contribution >= 4 is 5.91 Å². The molecule has 0 aliphatic carbocycles. The molecule has 152 valence electrons. The first-order valence-electron chi connectivity index (χ1n) is 9.59. The zero-order valence-electron chi connectivity index (χ0n) is 16.9. The Kier molecular flexibility index (Phi) is 6.84. The Morgan fingerprint density at radius 2 is 1.72 bits per heavy atom. The number of likely N-dealkylation sites (N-methyl/N-ethyl adjacent to an activating group) is 1. The van der Waals surface area contributed by atoms with Crippen LogP contribution in [0.25, 0.3) is 11.4 Å². The Balaban J connectivity index is 1.58. The van der Waals surface area contributed by atoms with Gasteiger partial charge in [-0.1, -0.05) is 24.2 Å². The van der Waals surface area contributed by atoms with Crippen LogP contribution in [-0.4, -0.2) is 41.2 Å². The minimum atomic E-state index is -0.142. The highest BCUT2D eigenvalue weighted by atomic mass is 16.5. The first-order valence-corrected chi connectivity index (χ1v) is 9.59. The number of methoxy groups -OCH3 is 1. The topological polar surface area (TPSA) is 77.7 Å². The zero-order valence-corrected chi connectivity index (χ0v) is 16.9. The van der Waals surface area contributed by atoms with E-state index in [9.17, 15) is 4.79 Å². The molecule has 1 aromatic heterocycles. The summed E-state index contributed by atoms with van der Waals surface area (Å²) in [5.41, 5.74) is 2.04. The summed E-state index contributed by atoms with van der Waals surface area (Å²) in [6.45, 7) is 4.69. The number of ether oxygens (including phenoxy) is 2. The van der Waals surface area contributed by atoms with Gasteiger partial charge in [-0.3, -0.25) is 4.79 Å². The summed E-state index contributed by atoms with van der Waals surface area (Å²) in [7, 11) is 1.61. The predicted molar refractivity (Wildman–Crippen MR) is 109 cm³/mol. The van der Waals surface area contributed by atoms with E-state index in [0.717, 1.165) is 17.7 Å². The lowest BCUT2D eigenvalue weighted by atomic mass is 10.2. The Labute approximate surface area is 170 Å². The zero-order chi connectivity index (χ0) is 20.6. The third-order valence-electron chi connectivity index (χ3n) is 4.57. The number of hydrogen-bond acceptors (Lipinski definition) is 6. The van der Waals surface area contributed by atoms with Crippen molar-refractivity contribution in [2.45, 2.75) is 26.8 Å². The van der Waals surface area contributed by atoms with Crippen LogP contribution < -0.4 is 9.47 Å². The molecule has 1 amide bonds. The summed E-state index contributed by atoms with van der Waals surface area (Å²) in [5.74, 6) is 2.13. The average Bonchev–Trinajstić information content (AvgIpc) is 3.25. The highest BCUT2D eigenvalue weighted by molar-refractivity contribution is 5.77. The predicted octanol–water partition coefficient (Wildman–Crippen LogP) is 3.74. The molecule has 7 nitrogen and oxygen atoms in total. The van der Waals surface area contributed by atoms with Crippen molar-refractivity contribution in [3.8, 4) is 22.9 Å². The molecule has 0 unspecified atom stereocenters. The highest BCUT2D eigenvalue weighted by Crippen LogP contribution is 2.20. The molecular formula is C22H25N3O4. The van der Waals surface area contributed by atoms with Crippen molar-refractivity contribution in [3.63, 3.8) is 0 Å². The molecule has 0 radical (unpaired) electrons. The first kappa shape index (κ1) is 20.4. The van der Waals surface area contributed by atoms with Crippen molar-refractivity contribution in [2.24, 2.45) is 0 Å². The van der Waals surface area contributed by atoms with Crippen molar-refractivity contribution in [1.29, 1.82) is 0 Å². The first-order chi connectivity index (χ1) is 14.1. The van der Waals surface area contributed by atoms with Gasteiger partial charge in [0.2, 0.25) is 11.7 Å². The molecule has 29 heavy (non-hydrogen) atoms. The van der Waals surface area contributed by atoms with Crippen LogP contribution in [0.4, 0.5) is 0 Å². The average molecular weight is 395 g/mol. The van der Waals surface area contributed by atoms with Crippen LogP contribution in [0.2, 0.25) is 0 Å². The SMILES string of the molecule is CCc1ccc(OCC(=O)N(CC)Cc2nc(-c3ccc(OC)cc3)no2)cc1. The quantitative estimate of drug-likeness (QED) is 0.549. The van der Waals surface area contributed by atoms with E-state index < -0.39 is 0 Å². The lowest BCUT2D eigenvalue weighted by Crippen LogP contribution is -2.34. The Morgan fingerprint density at radius 1 is 1.03 bits per heavy atom. The molecule has 7 heteroatoms. The maximum absolute atomic E-state index is 12.5. The van der Waals surface area contributed by atoms with Gasteiger partial charge in [0.05, 0.1) is 7.11 Å². The molecule has 0 aliphatic rings. The second-order valence-corrected chi connectivity index (χ2v) is 6.43. The fourth-order valence-electron chi connectivity index (χ4n) is 2.77. The highest BCUT2D eigenvalue weighted by Gasteiger charge is 2.17. The number of aryl methyl sites for hydroxylation is 1. The minimum Gasteiger partial charge on any atom is -0.497 e. The molecule has 3 rings (SSSR count). The van der Waals surface area contributed by atoms with E-state index in [1.165, 1.54) is 5.56 Å². The normalized spacial score (nSPS) is 10.6. The number of hydrogen-bond donors (Lipinski definition) is 0. The number of nitrogens with zero attached hydrogens (tertiary/aromatic N) is 3. The van der Waals surface area contributed by atoms with Gasteiger partial charge in [0.1, 0.15) is 18.0 Å². The van der Waals surface area contributed by atoms with Gasteiger partial charge < -0.3 is 18.9 Å². The fourth-order valence-corrected chi connectivity index (χ4v) is 2.77. The van der Waals surface area contributed by atoms with Gasteiger partial charge in [0, 0.05) is 12.1 Å². The summed E-state index contributed by atoms with van der Waals surface area (Å²) in [5, 5.41) is 4.00. The lowest BCUT2D eigenvalue weighted by Gasteiger charge is -2.19. The second-order valence-electron chi connectivity index (χ2n) is 6.43. The molecule has 0 N–H and O–H groups in total. The van der Waals surface area contributed by atoms with E-state index >= 15 is 0 Å². The van der Waals surface area contributed by atoms with Gasteiger partial charge >= 0.3 is 0 Å². The summed E-state index contributed by atoms with van der Waals surface area (Å²) in [4.78, 5) is 18.5. The van der Waals surface area contributed by atoms with E-state index in [4.69, 9.17) is 14.0 Å². The number of carbonyl (C=O) groups is 1. The number of rotatable bonds is 9. The van der Waals surface area contributed by atoms with Crippen LogP contribution in [0.5, 0.6) is 11.5 Å². The van der Waals surface area contributed by atoms with E-state index in [1.54, 1.807) is 12.0 Å². The second kappa shape index (κ2) is 9.73. The molecule has 0 atom stereocenters. The lowest BCUT2D eigenvalue weighted by molar-refractivity contribution is -0.134. The number of benzene rings is 2. The fraction of sp³-hybridized carbons (Fsp3) is 0.318. The molecule has 0 saturated carbocycles. The van der Waals surface area contributed by atoms with Gasteiger partial charge in [-0.25, -0.2) is 0 Å². The molecule has 0 aliphatic heterocycles. The Morgan fingerprint density at radius 3 is 2.34 bits per heavy atom. The van der Waals surface area contributed by atoms with E-state index in [2.05, 4.69) is 17.1 Å². The monoisotopic (exact) mass is 395 g/mol. The summed E-state index contributed by atoms with van der Waals surface area (Å²) in [6, 6.07) is 15.1. The van der Waals surface area contributed by atoms with Crippen LogP contribution in [0.15, 0.2) is 53.1 Å². The Hall–Kier alpha value is -3.35. The molecule has 0 spiro atoms. The maximum atomic E-state index is 12.5. The molecule has 0 saturated heterocycles. The van der Waals surface area contributed by atoms with E-state index in [0.29, 0.717) is 24.0 Å². The molecule has 2 aromatic carbocycles. The molecule has 0 fully saturated rings. The molecule has 1 heterocycles. The largest absolute Gasteiger partial charge is 0.497 e. The van der Waals surface area contributed by atoms with Gasteiger partial charge in [-0.2, -0.15) is 4.98 Å². The third kappa shape index (κ3) is 5.34. The number of carbonyl (C=O) groups excluding carboxylic acids is 1. The molecular weight excluding hydrogens is 370 g/mol. The Bertz CT molecular complexity index is 920. The van der Waals surface area contributed by atoms with Gasteiger partial charge in [0.25, 0.3) is 5.91 Å². The van der Waals surface area contributed by atoms with Crippen LogP contribution in [0.1, 0.15) is 25.3 Å². The van der Waals surface area contributed by atoms with Gasteiger partial charge in [-0.05, 0) is 55.3 Å². The van der Waals surface area contributed by atoms with Gasteiger partial charge in [0.15, 0.2) is 6.61 Å². The summed E-state index contributed by atoms with van der Waals surface area (Å²) in [6.07, 6.45) is 0.964.